The minimum absolute atomic E-state index is 0.0417. The minimum atomic E-state index is -1.35. The van der Waals surface area contributed by atoms with Gasteiger partial charge in [0.25, 0.3) is 0 Å². The molecule has 0 aliphatic rings. The number of aliphatic hydroxyl groups excluding tert-OH is 1. The quantitative estimate of drug-likeness (QED) is 0.411. The summed E-state index contributed by atoms with van der Waals surface area (Å²) in [5.41, 5.74) is 14.8. The van der Waals surface area contributed by atoms with Crippen LogP contribution in [0.4, 0.5) is 17.8 Å². The summed E-state index contributed by atoms with van der Waals surface area (Å²) in [4.78, 5) is 31.8. The molecule has 23 heavy (non-hydrogen) atoms. The summed E-state index contributed by atoms with van der Waals surface area (Å²) in [7, 11) is 0. The van der Waals surface area contributed by atoms with Crippen LogP contribution in [-0.4, -0.2) is 42.2 Å². The Hall–Kier alpha value is -3.47. The predicted molar refractivity (Wildman–Crippen MR) is 79.3 cm³/mol. The number of aromatic nitrogens is 3. The van der Waals surface area contributed by atoms with Gasteiger partial charge in [-0.05, 0) is 11.6 Å². The summed E-state index contributed by atoms with van der Waals surface area (Å²) in [6, 6.07) is 3.95. The Bertz CT molecular complexity index is 685. The maximum atomic E-state index is 10.7. The highest BCUT2D eigenvalue weighted by atomic mass is 16.4. The van der Waals surface area contributed by atoms with Crippen molar-refractivity contribution >= 4 is 29.8 Å². The zero-order chi connectivity index (χ0) is 17.6. The van der Waals surface area contributed by atoms with Gasteiger partial charge in [-0.1, -0.05) is 12.1 Å². The van der Waals surface area contributed by atoms with Crippen molar-refractivity contribution < 1.29 is 24.9 Å². The first-order valence-corrected chi connectivity index (χ1v) is 5.98. The molecular formula is C12H14N6O5. The number of aromatic carboxylic acids is 2. The van der Waals surface area contributed by atoms with Crippen LogP contribution < -0.4 is 17.2 Å². The van der Waals surface area contributed by atoms with Gasteiger partial charge in [0.05, 0.1) is 17.7 Å². The van der Waals surface area contributed by atoms with Crippen LogP contribution in [0.15, 0.2) is 18.2 Å². The second-order valence-electron chi connectivity index (χ2n) is 4.02. The smallest absolute Gasteiger partial charge is 0.336 e. The number of nitrogens with zero attached hydrogens (tertiary/aromatic N) is 3. The average Bonchev–Trinajstić information content (AvgIpc) is 2.45. The first-order chi connectivity index (χ1) is 10.8. The predicted octanol–water partition coefficient (Wildman–Crippen LogP) is -0.806. The maximum Gasteiger partial charge on any atom is 0.336 e. The lowest BCUT2D eigenvalue weighted by molar-refractivity contribution is 0.0649. The van der Waals surface area contributed by atoms with E-state index in [0.717, 1.165) is 0 Å². The van der Waals surface area contributed by atoms with Crippen molar-refractivity contribution in [1.29, 1.82) is 0 Å². The number of rotatable bonds is 3. The average molecular weight is 322 g/mol. The third-order valence-electron chi connectivity index (χ3n) is 2.45. The van der Waals surface area contributed by atoms with E-state index in [1.165, 1.54) is 18.2 Å². The van der Waals surface area contributed by atoms with E-state index in [9.17, 15) is 9.59 Å². The monoisotopic (exact) mass is 322 g/mol. The molecule has 1 aromatic carbocycles. The molecule has 1 aromatic heterocycles. The zero-order valence-corrected chi connectivity index (χ0v) is 11.7. The zero-order valence-electron chi connectivity index (χ0n) is 11.7. The standard InChI is InChI=1S/C9H8O5.C3H6N6/c10-4-5-2-1-3-6(8(11)12)7(5)9(13)14;4-1-7-2(5)9-3(6)8-1/h1-3,10H,4H2,(H,11,12)(H,13,14);(H6,4,5,6,7,8,9). The number of hydrogen-bond donors (Lipinski definition) is 6. The summed E-state index contributed by atoms with van der Waals surface area (Å²) in [5, 5.41) is 26.3. The number of hydrogen-bond acceptors (Lipinski definition) is 9. The molecule has 0 aliphatic carbocycles. The van der Waals surface area contributed by atoms with Crippen LogP contribution in [0.2, 0.25) is 0 Å². The van der Waals surface area contributed by atoms with Gasteiger partial charge in [-0.2, -0.15) is 15.0 Å². The fraction of sp³-hybridized carbons (Fsp3) is 0.0833. The molecule has 0 radical (unpaired) electrons. The molecule has 0 unspecified atom stereocenters. The molecule has 0 amide bonds. The number of carbonyl (C=O) groups is 2. The van der Waals surface area contributed by atoms with Gasteiger partial charge in [0.1, 0.15) is 0 Å². The van der Waals surface area contributed by atoms with Gasteiger partial charge in [-0.15, -0.1) is 0 Å². The van der Waals surface area contributed by atoms with Crippen molar-refractivity contribution in [3.05, 3.63) is 34.9 Å². The van der Waals surface area contributed by atoms with Crippen molar-refractivity contribution in [1.82, 2.24) is 15.0 Å². The van der Waals surface area contributed by atoms with E-state index in [-0.39, 0.29) is 34.5 Å². The highest BCUT2D eigenvalue weighted by Gasteiger charge is 2.18. The van der Waals surface area contributed by atoms with Gasteiger partial charge in [0.2, 0.25) is 17.8 Å². The first kappa shape index (κ1) is 17.6. The van der Waals surface area contributed by atoms with Crippen LogP contribution in [-0.2, 0) is 6.61 Å². The molecule has 1 heterocycles. The summed E-state index contributed by atoms with van der Waals surface area (Å²) >= 11 is 0. The van der Waals surface area contributed by atoms with Crippen LogP contribution in [0.3, 0.4) is 0 Å². The largest absolute Gasteiger partial charge is 0.478 e. The minimum Gasteiger partial charge on any atom is -0.478 e. The van der Waals surface area contributed by atoms with E-state index in [4.69, 9.17) is 32.5 Å². The molecule has 122 valence electrons. The topological polar surface area (TPSA) is 212 Å². The molecule has 0 saturated heterocycles. The Morgan fingerprint density at radius 3 is 1.74 bits per heavy atom. The van der Waals surface area contributed by atoms with Crippen molar-refractivity contribution in [2.45, 2.75) is 6.61 Å². The SMILES string of the molecule is Nc1nc(N)nc(N)n1.O=C(O)c1cccc(CO)c1C(=O)O. The Morgan fingerprint density at radius 1 is 0.913 bits per heavy atom. The lowest BCUT2D eigenvalue weighted by Crippen LogP contribution is -2.11. The van der Waals surface area contributed by atoms with E-state index in [0.29, 0.717) is 0 Å². The normalized spacial score (nSPS) is 9.61. The number of nitrogen functional groups attached to an aromatic ring is 3. The molecule has 0 saturated carbocycles. The maximum absolute atomic E-state index is 10.7. The van der Waals surface area contributed by atoms with Crippen LogP contribution in [0, 0.1) is 0 Å². The molecule has 0 aliphatic heterocycles. The molecule has 11 heteroatoms. The number of anilines is 3. The Labute approximate surface area is 129 Å². The lowest BCUT2D eigenvalue weighted by atomic mass is 10.0. The van der Waals surface area contributed by atoms with Gasteiger partial charge in [0, 0.05) is 0 Å². The summed E-state index contributed by atoms with van der Waals surface area (Å²) in [5.74, 6) is -2.55. The van der Waals surface area contributed by atoms with E-state index >= 15 is 0 Å². The third-order valence-corrected chi connectivity index (χ3v) is 2.45. The van der Waals surface area contributed by atoms with E-state index in [1.54, 1.807) is 0 Å². The summed E-state index contributed by atoms with van der Waals surface area (Å²) in [6.07, 6.45) is 0. The first-order valence-electron chi connectivity index (χ1n) is 5.98. The van der Waals surface area contributed by atoms with Crippen molar-refractivity contribution in [3.8, 4) is 0 Å². The Morgan fingerprint density at radius 2 is 1.39 bits per heavy atom. The van der Waals surface area contributed by atoms with Crippen LogP contribution in [0.1, 0.15) is 26.3 Å². The molecule has 2 aromatic rings. The molecule has 0 spiro atoms. The fourth-order valence-corrected chi connectivity index (χ4v) is 1.59. The summed E-state index contributed by atoms with van der Waals surface area (Å²) < 4.78 is 0. The molecular weight excluding hydrogens is 308 g/mol. The lowest BCUT2D eigenvalue weighted by Gasteiger charge is -2.05. The molecule has 0 atom stereocenters. The molecule has 2 rings (SSSR count). The Kier molecular flexibility index (Phi) is 5.74. The number of benzene rings is 1. The second kappa shape index (κ2) is 7.51. The van der Waals surface area contributed by atoms with Gasteiger partial charge in [-0.3, -0.25) is 0 Å². The van der Waals surface area contributed by atoms with E-state index < -0.39 is 18.5 Å². The number of aliphatic hydroxyl groups is 1. The van der Waals surface area contributed by atoms with Gasteiger partial charge in [0.15, 0.2) is 0 Å². The van der Waals surface area contributed by atoms with Crippen LogP contribution in [0.5, 0.6) is 0 Å². The molecule has 0 fully saturated rings. The third kappa shape index (κ3) is 4.78. The van der Waals surface area contributed by atoms with Gasteiger partial charge < -0.3 is 32.5 Å². The number of carboxylic acids is 2. The Balaban J connectivity index is 0.000000253. The van der Waals surface area contributed by atoms with Crippen molar-refractivity contribution in [2.24, 2.45) is 0 Å². The summed E-state index contributed by atoms with van der Waals surface area (Å²) in [6.45, 7) is -0.497. The highest BCUT2D eigenvalue weighted by molar-refractivity contribution is 6.02. The van der Waals surface area contributed by atoms with E-state index in [2.05, 4.69) is 15.0 Å². The fourth-order valence-electron chi connectivity index (χ4n) is 1.59. The van der Waals surface area contributed by atoms with Crippen molar-refractivity contribution in [3.63, 3.8) is 0 Å². The molecule has 9 N–H and O–H groups in total. The van der Waals surface area contributed by atoms with Gasteiger partial charge >= 0.3 is 11.9 Å². The number of carboxylic acid groups (broad SMARTS) is 2. The molecule has 0 bridgehead atoms. The van der Waals surface area contributed by atoms with Crippen LogP contribution in [0.25, 0.3) is 0 Å². The van der Waals surface area contributed by atoms with Crippen molar-refractivity contribution in [2.75, 3.05) is 17.2 Å². The van der Waals surface area contributed by atoms with Crippen LogP contribution >= 0.6 is 0 Å². The second-order valence-corrected chi connectivity index (χ2v) is 4.02. The highest BCUT2D eigenvalue weighted by Crippen LogP contribution is 2.15. The molecule has 11 nitrogen and oxygen atoms in total. The number of nitrogens with two attached hydrogens (primary N) is 3. The van der Waals surface area contributed by atoms with Gasteiger partial charge in [-0.25, -0.2) is 9.59 Å². The van der Waals surface area contributed by atoms with E-state index in [1.807, 2.05) is 0 Å².